The molecule has 0 bridgehead atoms. The van der Waals surface area contributed by atoms with Gasteiger partial charge in [-0.25, -0.2) is 4.98 Å². The van der Waals surface area contributed by atoms with E-state index in [2.05, 4.69) is 15.0 Å². The van der Waals surface area contributed by atoms with Crippen molar-refractivity contribution >= 4 is 11.6 Å². The summed E-state index contributed by atoms with van der Waals surface area (Å²) in [7, 11) is 0. The monoisotopic (exact) mass is 321 g/mol. The Morgan fingerprint density at radius 2 is 2.08 bits per heavy atom. The van der Waals surface area contributed by atoms with Crippen LogP contribution in [0.1, 0.15) is 46.5 Å². The number of nitrogens with zero attached hydrogens (tertiary/aromatic N) is 5. The first-order valence-corrected chi connectivity index (χ1v) is 8.18. The molecule has 0 aliphatic carbocycles. The van der Waals surface area contributed by atoms with Gasteiger partial charge in [0, 0.05) is 24.6 Å². The fourth-order valence-corrected chi connectivity index (χ4v) is 3.36. The van der Waals surface area contributed by atoms with Crippen molar-refractivity contribution in [2.75, 3.05) is 6.54 Å². The Kier molecular flexibility index (Phi) is 3.52. The summed E-state index contributed by atoms with van der Waals surface area (Å²) in [6, 6.07) is 5.85. The molecule has 1 amide bonds. The summed E-state index contributed by atoms with van der Waals surface area (Å²) in [4.78, 5) is 28.2. The number of aromatic nitrogens is 4. The van der Waals surface area contributed by atoms with E-state index in [0.29, 0.717) is 5.69 Å². The van der Waals surface area contributed by atoms with Crippen molar-refractivity contribution in [3.05, 3.63) is 59.6 Å². The van der Waals surface area contributed by atoms with Crippen molar-refractivity contribution in [2.24, 2.45) is 0 Å². The van der Waals surface area contributed by atoms with Crippen LogP contribution < -0.4 is 0 Å². The molecule has 6 nitrogen and oxygen atoms in total. The highest BCUT2D eigenvalue weighted by atomic mass is 16.2. The fraction of sp³-hybridized carbons (Fsp3) is 0.333. The van der Waals surface area contributed by atoms with E-state index in [9.17, 15) is 4.79 Å². The molecule has 1 aliphatic heterocycles. The number of carbonyl (C=O) groups excluding carboxylic acids is 1. The minimum atomic E-state index is -0.0380. The van der Waals surface area contributed by atoms with Gasteiger partial charge in [-0.1, -0.05) is 6.07 Å². The van der Waals surface area contributed by atoms with Crippen molar-refractivity contribution in [1.82, 2.24) is 24.3 Å². The first kappa shape index (κ1) is 14.8. The van der Waals surface area contributed by atoms with Gasteiger partial charge in [0.05, 0.1) is 23.6 Å². The van der Waals surface area contributed by atoms with Gasteiger partial charge in [0.15, 0.2) is 0 Å². The Bertz CT molecular complexity index is 917. The van der Waals surface area contributed by atoms with E-state index in [1.165, 1.54) is 0 Å². The highest BCUT2D eigenvalue weighted by molar-refractivity contribution is 5.93. The molecule has 0 N–H and O–H groups in total. The lowest BCUT2D eigenvalue weighted by Crippen LogP contribution is -2.31. The van der Waals surface area contributed by atoms with Gasteiger partial charge < -0.3 is 9.30 Å². The van der Waals surface area contributed by atoms with Gasteiger partial charge in [0.1, 0.15) is 11.3 Å². The summed E-state index contributed by atoms with van der Waals surface area (Å²) < 4.78 is 1.95. The average molecular weight is 321 g/mol. The van der Waals surface area contributed by atoms with E-state index in [0.717, 1.165) is 42.1 Å². The summed E-state index contributed by atoms with van der Waals surface area (Å²) in [6.07, 6.45) is 7.20. The molecule has 24 heavy (non-hydrogen) atoms. The molecule has 1 saturated heterocycles. The van der Waals surface area contributed by atoms with Crippen LogP contribution in [-0.4, -0.2) is 36.7 Å². The van der Waals surface area contributed by atoms with Crippen LogP contribution in [0.25, 0.3) is 5.65 Å². The van der Waals surface area contributed by atoms with Crippen LogP contribution in [0.15, 0.2) is 36.8 Å². The molecule has 1 atom stereocenters. The molecule has 4 heterocycles. The zero-order valence-electron chi connectivity index (χ0n) is 13.8. The first-order valence-electron chi connectivity index (χ1n) is 8.18. The predicted octanol–water partition coefficient (Wildman–Crippen LogP) is 2.72. The van der Waals surface area contributed by atoms with Gasteiger partial charge in [-0.2, -0.15) is 0 Å². The number of hydrogen-bond donors (Lipinski definition) is 0. The van der Waals surface area contributed by atoms with Crippen LogP contribution in [-0.2, 0) is 0 Å². The van der Waals surface area contributed by atoms with Gasteiger partial charge in [-0.05, 0) is 38.8 Å². The number of imidazole rings is 1. The maximum Gasteiger partial charge on any atom is 0.274 e. The molecule has 1 fully saturated rings. The second-order valence-electron chi connectivity index (χ2n) is 6.26. The summed E-state index contributed by atoms with van der Waals surface area (Å²) in [5, 5.41) is 0. The normalized spacial score (nSPS) is 17.6. The van der Waals surface area contributed by atoms with Crippen LogP contribution in [0.4, 0.5) is 0 Å². The SMILES string of the molecule is Cc1cncc([C@H]2CCCN2C(=O)c2cn3c(C)cccc3n2)n1. The number of carbonyl (C=O) groups is 1. The van der Waals surface area contributed by atoms with E-state index in [4.69, 9.17) is 0 Å². The smallest absolute Gasteiger partial charge is 0.274 e. The van der Waals surface area contributed by atoms with Crippen LogP contribution in [0.5, 0.6) is 0 Å². The summed E-state index contributed by atoms with van der Waals surface area (Å²) in [6.45, 7) is 4.65. The Morgan fingerprint density at radius 3 is 2.88 bits per heavy atom. The van der Waals surface area contributed by atoms with Crippen LogP contribution in [0.2, 0.25) is 0 Å². The minimum absolute atomic E-state index is 0.0178. The largest absolute Gasteiger partial charge is 0.329 e. The minimum Gasteiger partial charge on any atom is -0.329 e. The Morgan fingerprint density at radius 1 is 1.21 bits per heavy atom. The average Bonchev–Trinajstić information content (AvgIpc) is 3.22. The molecule has 0 spiro atoms. The Labute approximate surface area is 140 Å². The topological polar surface area (TPSA) is 63.4 Å². The molecule has 0 radical (unpaired) electrons. The van der Waals surface area contributed by atoms with E-state index in [1.54, 1.807) is 12.4 Å². The summed E-state index contributed by atoms with van der Waals surface area (Å²) in [5.41, 5.74) is 4.07. The molecule has 4 rings (SSSR count). The molecule has 0 unspecified atom stereocenters. The summed E-state index contributed by atoms with van der Waals surface area (Å²) in [5.74, 6) is -0.0380. The third kappa shape index (κ3) is 2.44. The lowest BCUT2D eigenvalue weighted by atomic mass is 10.1. The number of pyridine rings is 1. The quantitative estimate of drug-likeness (QED) is 0.728. The molecular weight excluding hydrogens is 302 g/mol. The molecule has 0 aromatic carbocycles. The molecule has 3 aromatic heterocycles. The second kappa shape index (κ2) is 5.70. The summed E-state index contributed by atoms with van der Waals surface area (Å²) >= 11 is 0. The zero-order valence-corrected chi connectivity index (χ0v) is 13.8. The van der Waals surface area contributed by atoms with Crippen LogP contribution in [0, 0.1) is 13.8 Å². The highest BCUT2D eigenvalue weighted by Gasteiger charge is 2.32. The molecule has 3 aromatic rings. The van der Waals surface area contributed by atoms with Crippen molar-refractivity contribution in [2.45, 2.75) is 32.7 Å². The van der Waals surface area contributed by atoms with Gasteiger partial charge in [0.2, 0.25) is 0 Å². The number of aryl methyl sites for hydroxylation is 2. The maximum atomic E-state index is 13.0. The predicted molar refractivity (Wildman–Crippen MR) is 89.7 cm³/mol. The molecule has 6 heteroatoms. The van der Waals surface area contributed by atoms with Crippen molar-refractivity contribution in [3.63, 3.8) is 0 Å². The van der Waals surface area contributed by atoms with Crippen molar-refractivity contribution in [3.8, 4) is 0 Å². The molecule has 122 valence electrons. The number of amides is 1. The van der Waals surface area contributed by atoms with E-state index < -0.39 is 0 Å². The maximum absolute atomic E-state index is 13.0. The lowest BCUT2D eigenvalue weighted by Gasteiger charge is -2.23. The molecule has 0 saturated carbocycles. The van der Waals surface area contributed by atoms with Gasteiger partial charge in [0.25, 0.3) is 5.91 Å². The van der Waals surface area contributed by atoms with Crippen molar-refractivity contribution in [1.29, 1.82) is 0 Å². The lowest BCUT2D eigenvalue weighted by molar-refractivity contribution is 0.0727. The van der Waals surface area contributed by atoms with Crippen LogP contribution >= 0.6 is 0 Å². The zero-order chi connectivity index (χ0) is 16.7. The molecule has 1 aliphatic rings. The number of fused-ring (bicyclic) bond motifs is 1. The number of likely N-dealkylation sites (tertiary alicyclic amines) is 1. The fourth-order valence-electron chi connectivity index (χ4n) is 3.36. The Hall–Kier alpha value is -2.76. The van der Waals surface area contributed by atoms with E-state index >= 15 is 0 Å². The Balaban J connectivity index is 1.68. The van der Waals surface area contributed by atoms with E-state index in [1.807, 2.05) is 47.5 Å². The van der Waals surface area contributed by atoms with Crippen molar-refractivity contribution < 1.29 is 4.79 Å². The highest BCUT2D eigenvalue weighted by Crippen LogP contribution is 2.31. The second-order valence-corrected chi connectivity index (χ2v) is 6.26. The van der Waals surface area contributed by atoms with Gasteiger partial charge in [-0.15, -0.1) is 0 Å². The van der Waals surface area contributed by atoms with Crippen LogP contribution in [0.3, 0.4) is 0 Å². The molecular formula is C18H19N5O. The van der Waals surface area contributed by atoms with Gasteiger partial charge >= 0.3 is 0 Å². The standard InChI is InChI=1S/C18H19N5O/c1-12-9-19-10-14(20-12)16-6-4-8-22(16)18(24)15-11-23-13(2)5-3-7-17(23)21-15/h3,5,7,9-11,16H,4,6,8H2,1-2H3/t16-/m1/s1. The third-order valence-corrected chi connectivity index (χ3v) is 4.54. The first-order chi connectivity index (χ1) is 11.6. The van der Waals surface area contributed by atoms with E-state index in [-0.39, 0.29) is 11.9 Å². The number of hydrogen-bond acceptors (Lipinski definition) is 4. The third-order valence-electron chi connectivity index (χ3n) is 4.54. The van der Waals surface area contributed by atoms with Gasteiger partial charge in [-0.3, -0.25) is 14.8 Å². The number of rotatable bonds is 2.